The first kappa shape index (κ1) is 32.7. The number of carboxylic acids is 2. The summed E-state index contributed by atoms with van der Waals surface area (Å²) in [7, 11) is 0. The van der Waals surface area contributed by atoms with Gasteiger partial charge in [0.25, 0.3) is 0 Å². The van der Waals surface area contributed by atoms with Crippen molar-refractivity contribution in [1.82, 2.24) is 0 Å². The van der Waals surface area contributed by atoms with Crippen LogP contribution in [0.3, 0.4) is 0 Å². The quantitative estimate of drug-likeness (QED) is 0.305. The van der Waals surface area contributed by atoms with Gasteiger partial charge in [-0.25, -0.2) is 0 Å². The Labute approximate surface area is 77.2 Å². The molecular weight excluding hydrogens is 232 g/mol. The van der Waals surface area contributed by atoms with Gasteiger partial charge in [-0.05, 0) is 0 Å². The molecule has 0 rings (SSSR count). The first-order valence-corrected chi connectivity index (χ1v) is 1.07. The third-order valence-electron chi connectivity index (χ3n) is 0.167. The van der Waals surface area contributed by atoms with Crippen LogP contribution in [0.4, 0.5) is 0 Å². The zero-order valence-electron chi connectivity index (χ0n) is 4.34. The smallest absolute Gasteiger partial charge is 0.543 e. The van der Waals surface area contributed by atoms with Crippen LogP contribution in [0, 0.1) is 0 Å². The van der Waals surface area contributed by atoms with Gasteiger partial charge in [-0.15, -0.1) is 0 Å². The maximum Gasteiger partial charge on any atom is 2.00 e. The summed E-state index contributed by atoms with van der Waals surface area (Å²) in [6.07, 6.45) is 0. The summed E-state index contributed by atoms with van der Waals surface area (Å²) in [5, 5.41) is 17.9. The van der Waals surface area contributed by atoms with E-state index < -0.39 is 11.9 Å². The SMILES string of the molecule is O.O.O=C([O-])C(=O)[O-].[Fe+2].[Fe]. The second-order valence-electron chi connectivity index (χ2n) is 0.575. The van der Waals surface area contributed by atoms with Crippen molar-refractivity contribution in [2.24, 2.45) is 0 Å². The number of hydrogen-bond donors (Lipinski definition) is 0. The van der Waals surface area contributed by atoms with E-state index >= 15 is 0 Å². The second-order valence-corrected chi connectivity index (χ2v) is 0.575. The molecule has 0 atom stereocenters. The van der Waals surface area contributed by atoms with Crippen molar-refractivity contribution in [1.29, 1.82) is 0 Å². The van der Waals surface area contributed by atoms with Crippen molar-refractivity contribution in [3.8, 4) is 0 Å². The molecule has 0 fully saturated rings. The Morgan fingerprint density at radius 3 is 1.00 bits per heavy atom. The Hall–Kier alpha value is -0.101. The van der Waals surface area contributed by atoms with Crippen molar-refractivity contribution in [3.63, 3.8) is 0 Å². The van der Waals surface area contributed by atoms with Gasteiger partial charge in [0.05, 0.1) is 11.9 Å². The number of rotatable bonds is 0. The van der Waals surface area contributed by atoms with E-state index in [1.165, 1.54) is 0 Å². The van der Waals surface area contributed by atoms with Crippen molar-refractivity contribution < 1.29 is 64.9 Å². The molecule has 0 saturated heterocycles. The predicted molar refractivity (Wildman–Crippen MR) is 17.2 cm³/mol. The van der Waals surface area contributed by atoms with Gasteiger partial charge in [-0.2, -0.15) is 0 Å². The zero-order valence-corrected chi connectivity index (χ0v) is 6.55. The molecule has 0 unspecified atom stereocenters. The minimum absolute atomic E-state index is 0. The Bertz CT molecular complexity index is 79.7. The van der Waals surface area contributed by atoms with Crippen LogP contribution in [0.2, 0.25) is 0 Å². The van der Waals surface area contributed by atoms with Crippen LogP contribution in [0.15, 0.2) is 0 Å². The molecule has 0 spiro atoms. The number of carbonyl (C=O) groups is 2. The van der Waals surface area contributed by atoms with Gasteiger partial charge < -0.3 is 30.8 Å². The molecule has 0 bridgehead atoms. The van der Waals surface area contributed by atoms with Gasteiger partial charge in [-0.1, -0.05) is 0 Å². The number of aliphatic carboxylic acids is 2. The molecule has 0 aliphatic carbocycles. The molecule has 0 radical (unpaired) electrons. The predicted octanol–water partition coefficient (Wildman–Crippen LogP) is -5.17. The van der Waals surface area contributed by atoms with Crippen LogP contribution in [0.1, 0.15) is 0 Å². The van der Waals surface area contributed by atoms with Crippen molar-refractivity contribution in [2.45, 2.75) is 0 Å². The third kappa shape index (κ3) is 24.7. The molecule has 64 valence electrons. The summed E-state index contributed by atoms with van der Waals surface area (Å²) in [5.74, 6) is -4.37. The average molecular weight is 236 g/mol. The minimum Gasteiger partial charge on any atom is -0.543 e. The molecule has 0 saturated carbocycles. The standard InChI is InChI=1S/C2H2O4.2Fe.2H2O/c3-1(4)2(5)6;;;;/h(H,3,4)(H,5,6);;;2*1H2/q;;+2;;/p-2. The Morgan fingerprint density at radius 1 is 0.900 bits per heavy atom. The van der Waals surface area contributed by atoms with Gasteiger partial charge in [0, 0.05) is 17.1 Å². The van der Waals surface area contributed by atoms with Gasteiger partial charge in [-0.3, -0.25) is 0 Å². The molecule has 0 aromatic rings. The first-order chi connectivity index (χ1) is 2.64. The summed E-state index contributed by atoms with van der Waals surface area (Å²) >= 11 is 0. The topological polar surface area (TPSA) is 143 Å². The van der Waals surface area contributed by atoms with E-state index in [0.29, 0.717) is 0 Å². The molecule has 10 heavy (non-hydrogen) atoms. The van der Waals surface area contributed by atoms with Crippen molar-refractivity contribution in [2.75, 3.05) is 0 Å². The van der Waals surface area contributed by atoms with Crippen LogP contribution in [0.25, 0.3) is 0 Å². The Morgan fingerprint density at radius 2 is 1.00 bits per heavy atom. The monoisotopic (exact) mass is 236 g/mol. The van der Waals surface area contributed by atoms with E-state index in [2.05, 4.69) is 0 Å². The second kappa shape index (κ2) is 16.0. The molecule has 0 amide bonds. The maximum absolute atomic E-state index is 8.93. The van der Waals surface area contributed by atoms with Crippen LogP contribution in [-0.2, 0) is 43.7 Å². The summed E-state index contributed by atoms with van der Waals surface area (Å²) in [6.45, 7) is 0. The van der Waals surface area contributed by atoms with Gasteiger partial charge in [0.15, 0.2) is 0 Å². The fourth-order valence-corrected chi connectivity index (χ4v) is 0. The molecule has 8 heteroatoms. The summed E-state index contributed by atoms with van der Waals surface area (Å²) in [6, 6.07) is 0. The first-order valence-electron chi connectivity index (χ1n) is 1.07. The molecule has 0 aliphatic rings. The van der Waals surface area contributed by atoms with E-state index in [4.69, 9.17) is 19.8 Å². The van der Waals surface area contributed by atoms with Crippen molar-refractivity contribution >= 4 is 11.9 Å². The number of hydrogen-bond acceptors (Lipinski definition) is 4. The molecule has 4 N–H and O–H groups in total. The van der Waals surface area contributed by atoms with Gasteiger partial charge >= 0.3 is 17.1 Å². The molecule has 0 heterocycles. The Balaban J connectivity index is -0.0000000208. The van der Waals surface area contributed by atoms with Gasteiger partial charge in [0.1, 0.15) is 0 Å². The maximum atomic E-state index is 8.93. The molecular formula is C2H4Fe2O6. The Kier molecular flexibility index (Phi) is 52.1. The van der Waals surface area contributed by atoms with E-state index in [9.17, 15) is 0 Å². The van der Waals surface area contributed by atoms with E-state index in [1.54, 1.807) is 0 Å². The molecule has 0 aliphatic heterocycles. The van der Waals surface area contributed by atoms with Crippen molar-refractivity contribution in [3.05, 3.63) is 0 Å². The van der Waals surface area contributed by atoms with E-state index in [0.717, 1.165) is 0 Å². The number of carboxylic acid groups (broad SMARTS) is 2. The molecule has 0 aromatic carbocycles. The van der Waals surface area contributed by atoms with Crippen LogP contribution in [-0.4, -0.2) is 22.9 Å². The number of carbonyl (C=O) groups excluding carboxylic acids is 2. The molecule has 0 aromatic heterocycles. The largest absolute Gasteiger partial charge is 2.00 e. The van der Waals surface area contributed by atoms with E-state index in [-0.39, 0.29) is 45.1 Å². The van der Waals surface area contributed by atoms with E-state index in [1.807, 2.05) is 0 Å². The fraction of sp³-hybridized carbons (Fsp3) is 0. The average Bonchev–Trinajstić information content (AvgIpc) is 1.36. The summed E-state index contributed by atoms with van der Waals surface area (Å²) in [5.41, 5.74) is 0. The van der Waals surface area contributed by atoms with Gasteiger partial charge in [0.2, 0.25) is 0 Å². The summed E-state index contributed by atoms with van der Waals surface area (Å²) < 4.78 is 0. The minimum atomic E-state index is -2.19. The van der Waals surface area contributed by atoms with Crippen LogP contribution < -0.4 is 10.2 Å². The third-order valence-corrected chi connectivity index (χ3v) is 0.167. The normalized spacial score (nSPS) is 4.40. The summed E-state index contributed by atoms with van der Waals surface area (Å²) in [4.78, 5) is 17.9. The van der Waals surface area contributed by atoms with Crippen LogP contribution >= 0.6 is 0 Å². The fourth-order valence-electron chi connectivity index (χ4n) is 0. The zero-order chi connectivity index (χ0) is 5.15. The van der Waals surface area contributed by atoms with Crippen LogP contribution in [0.5, 0.6) is 0 Å². The molecule has 6 nitrogen and oxygen atoms in total.